The lowest BCUT2D eigenvalue weighted by molar-refractivity contribution is 0.0653. The molecule has 132 valence electrons. The summed E-state index contributed by atoms with van der Waals surface area (Å²) in [6.45, 7) is 3.91. The van der Waals surface area contributed by atoms with Gasteiger partial charge in [0.2, 0.25) is 0 Å². The maximum Gasteiger partial charge on any atom is 0.255 e. The van der Waals surface area contributed by atoms with Gasteiger partial charge in [0.15, 0.2) is 0 Å². The first kappa shape index (κ1) is 15.7. The summed E-state index contributed by atoms with van der Waals surface area (Å²) in [6, 6.07) is 15.1. The van der Waals surface area contributed by atoms with Crippen LogP contribution in [0.3, 0.4) is 0 Å². The van der Waals surface area contributed by atoms with Crippen LogP contribution < -0.4 is 0 Å². The first-order chi connectivity index (χ1) is 12.7. The van der Waals surface area contributed by atoms with Gasteiger partial charge in [0, 0.05) is 30.1 Å². The Bertz CT molecular complexity index is 975. The third-order valence-electron chi connectivity index (χ3n) is 6.42. The summed E-state index contributed by atoms with van der Waals surface area (Å²) in [5, 5.41) is 1.21. The van der Waals surface area contributed by atoms with Crippen molar-refractivity contribution >= 4 is 16.8 Å². The van der Waals surface area contributed by atoms with E-state index in [1.54, 1.807) is 0 Å². The van der Waals surface area contributed by atoms with E-state index in [0.717, 1.165) is 30.6 Å². The Morgan fingerprint density at radius 2 is 1.81 bits per heavy atom. The van der Waals surface area contributed by atoms with E-state index in [4.69, 9.17) is 0 Å². The van der Waals surface area contributed by atoms with Crippen molar-refractivity contribution in [2.24, 2.45) is 0 Å². The highest BCUT2D eigenvalue weighted by molar-refractivity contribution is 6.07. The molecule has 26 heavy (non-hydrogen) atoms. The van der Waals surface area contributed by atoms with E-state index >= 15 is 0 Å². The molecular formula is C23H24N2O. The van der Waals surface area contributed by atoms with Crippen LogP contribution >= 0.6 is 0 Å². The lowest BCUT2D eigenvalue weighted by Gasteiger charge is -2.43. The second-order valence-corrected chi connectivity index (χ2v) is 7.88. The van der Waals surface area contributed by atoms with Crippen molar-refractivity contribution in [2.75, 3.05) is 13.1 Å². The van der Waals surface area contributed by atoms with Crippen LogP contribution in [0, 0.1) is 6.92 Å². The Morgan fingerprint density at radius 3 is 2.42 bits per heavy atom. The molecular weight excluding hydrogens is 320 g/mol. The van der Waals surface area contributed by atoms with Gasteiger partial charge >= 0.3 is 0 Å². The molecule has 0 atom stereocenters. The molecule has 1 amide bonds. The Kier molecular flexibility index (Phi) is 3.46. The Balaban J connectivity index is 1.63. The van der Waals surface area contributed by atoms with Gasteiger partial charge in [-0.1, -0.05) is 48.4 Å². The van der Waals surface area contributed by atoms with E-state index < -0.39 is 0 Å². The molecule has 2 fully saturated rings. The fraction of sp³-hybridized carbons (Fsp3) is 0.348. The maximum absolute atomic E-state index is 12.8. The molecule has 1 saturated carbocycles. The SMILES string of the molecule is Cc1ccc(C2(c3c[nH]c4c(C(=O)N5CCC5)cccc34)CCC2)cc1. The Hall–Kier alpha value is -2.55. The smallest absolute Gasteiger partial charge is 0.255 e. The highest BCUT2D eigenvalue weighted by atomic mass is 16.2. The number of aryl methyl sites for hydroxylation is 1. The number of H-pyrrole nitrogens is 1. The molecule has 0 spiro atoms. The molecule has 3 nitrogen and oxygen atoms in total. The minimum Gasteiger partial charge on any atom is -0.360 e. The van der Waals surface area contributed by atoms with E-state index in [0.29, 0.717) is 0 Å². The molecule has 2 aromatic carbocycles. The van der Waals surface area contributed by atoms with E-state index in [2.05, 4.69) is 48.4 Å². The van der Waals surface area contributed by atoms with E-state index in [1.807, 2.05) is 17.0 Å². The number of benzene rings is 2. The van der Waals surface area contributed by atoms with Crippen LogP contribution in [0.15, 0.2) is 48.7 Å². The summed E-state index contributed by atoms with van der Waals surface area (Å²) in [4.78, 5) is 18.2. The van der Waals surface area contributed by atoms with Gasteiger partial charge in [-0.05, 0) is 43.4 Å². The Labute approximate surface area is 154 Å². The number of carbonyl (C=O) groups is 1. The van der Waals surface area contributed by atoms with Crippen molar-refractivity contribution in [2.45, 2.75) is 38.0 Å². The van der Waals surface area contributed by atoms with E-state index in [-0.39, 0.29) is 11.3 Å². The topological polar surface area (TPSA) is 36.1 Å². The van der Waals surface area contributed by atoms with Crippen LogP contribution in [0.4, 0.5) is 0 Å². The number of aromatic amines is 1. The highest BCUT2D eigenvalue weighted by Gasteiger charge is 2.42. The number of likely N-dealkylation sites (tertiary alicyclic amines) is 1. The maximum atomic E-state index is 12.8. The van der Waals surface area contributed by atoms with Crippen LogP contribution in [0.1, 0.15) is 52.7 Å². The van der Waals surface area contributed by atoms with Crippen LogP contribution in [0.5, 0.6) is 0 Å². The van der Waals surface area contributed by atoms with Crippen LogP contribution in [-0.4, -0.2) is 28.9 Å². The van der Waals surface area contributed by atoms with Gasteiger partial charge in [0.05, 0.1) is 11.1 Å². The standard InChI is InChI=1S/C23H24N2O/c1-16-7-9-17(10-8-16)23(11-3-12-23)20-15-24-21-18(20)5-2-6-19(21)22(26)25-13-4-14-25/h2,5-10,15,24H,3-4,11-14H2,1H3. The largest absolute Gasteiger partial charge is 0.360 e. The summed E-state index contributed by atoms with van der Waals surface area (Å²) >= 11 is 0. The zero-order chi connectivity index (χ0) is 17.7. The van der Waals surface area contributed by atoms with Crippen molar-refractivity contribution in [1.82, 2.24) is 9.88 Å². The third-order valence-corrected chi connectivity index (χ3v) is 6.42. The van der Waals surface area contributed by atoms with Crippen LogP contribution in [-0.2, 0) is 5.41 Å². The Morgan fingerprint density at radius 1 is 1.04 bits per heavy atom. The molecule has 1 aromatic heterocycles. The molecule has 1 aliphatic heterocycles. The summed E-state index contributed by atoms with van der Waals surface area (Å²) < 4.78 is 0. The number of aromatic nitrogens is 1. The fourth-order valence-corrected chi connectivity index (χ4v) is 4.53. The van der Waals surface area contributed by atoms with Gasteiger partial charge in [-0.25, -0.2) is 0 Å². The lowest BCUT2D eigenvalue weighted by atomic mass is 9.60. The van der Waals surface area contributed by atoms with Gasteiger partial charge in [0.25, 0.3) is 5.91 Å². The van der Waals surface area contributed by atoms with Crippen molar-refractivity contribution in [1.29, 1.82) is 0 Å². The molecule has 2 aliphatic rings. The monoisotopic (exact) mass is 344 g/mol. The molecule has 3 heteroatoms. The molecule has 1 N–H and O–H groups in total. The third kappa shape index (κ3) is 2.16. The predicted octanol–water partition coefficient (Wildman–Crippen LogP) is 4.79. The molecule has 0 unspecified atom stereocenters. The van der Waals surface area contributed by atoms with Crippen molar-refractivity contribution < 1.29 is 4.79 Å². The predicted molar refractivity (Wildman–Crippen MR) is 105 cm³/mol. The van der Waals surface area contributed by atoms with E-state index in [9.17, 15) is 4.79 Å². The summed E-state index contributed by atoms with van der Waals surface area (Å²) in [5.41, 5.74) is 5.94. The van der Waals surface area contributed by atoms with Gasteiger partial charge in [-0.3, -0.25) is 4.79 Å². The molecule has 0 bridgehead atoms. The first-order valence-corrected chi connectivity index (χ1v) is 9.66. The highest BCUT2D eigenvalue weighted by Crippen LogP contribution is 2.51. The summed E-state index contributed by atoms with van der Waals surface area (Å²) in [7, 11) is 0. The second kappa shape index (κ2) is 5.73. The number of hydrogen-bond donors (Lipinski definition) is 1. The number of carbonyl (C=O) groups excluding carboxylic acids is 1. The van der Waals surface area contributed by atoms with Crippen molar-refractivity contribution in [3.05, 3.63) is 70.9 Å². The molecule has 0 radical (unpaired) electrons. The van der Waals surface area contributed by atoms with Crippen LogP contribution in [0.25, 0.3) is 10.9 Å². The van der Waals surface area contributed by atoms with Gasteiger partial charge in [-0.15, -0.1) is 0 Å². The molecule has 1 saturated heterocycles. The molecule has 1 aliphatic carbocycles. The average molecular weight is 344 g/mol. The van der Waals surface area contributed by atoms with Crippen molar-refractivity contribution in [3.63, 3.8) is 0 Å². The number of amides is 1. The molecule has 2 heterocycles. The number of nitrogens with one attached hydrogen (secondary N) is 1. The van der Waals surface area contributed by atoms with E-state index in [1.165, 1.54) is 41.3 Å². The van der Waals surface area contributed by atoms with Gasteiger partial charge in [-0.2, -0.15) is 0 Å². The number of rotatable bonds is 3. The number of para-hydroxylation sites is 1. The average Bonchev–Trinajstić information content (AvgIpc) is 2.98. The van der Waals surface area contributed by atoms with Gasteiger partial charge in [0.1, 0.15) is 0 Å². The number of fused-ring (bicyclic) bond motifs is 1. The summed E-state index contributed by atoms with van der Waals surface area (Å²) in [6.07, 6.45) is 6.87. The molecule has 5 rings (SSSR count). The minimum atomic E-state index is 0.0877. The first-order valence-electron chi connectivity index (χ1n) is 9.66. The summed E-state index contributed by atoms with van der Waals surface area (Å²) in [5.74, 6) is 0.160. The van der Waals surface area contributed by atoms with Crippen LogP contribution in [0.2, 0.25) is 0 Å². The van der Waals surface area contributed by atoms with Gasteiger partial charge < -0.3 is 9.88 Å². The zero-order valence-electron chi connectivity index (χ0n) is 15.2. The second-order valence-electron chi connectivity index (χ2n) is 7.88. The zero-order valence-corrected chi connectivity index (χ0v) is 15.2. The number of nitrogens with zero attached hydrogens (tertiary/aromatic N) is 1. The number of hydrogen-bond acceptors (Lipinski definition) is 1. The fourth-order valence-electron chi connectivity index (χ4n) is 4.53. The minimum absolute atomic E-state index is 0.0877. The molecule has 3 aromatic rings. The van der Waals surface area contributed by atoms with Crippen molar-refractivity contribution in [3.8, 4) is 0 Å². The quantitative estimate of drug-likeness (QED) is 0.728. The normalized spacial score (nSPS) is 18.4. The lowest BCUT2D eigenvalue weighted by Crippen LogP contribution is -2.42.